The third kappa shape index (κ3) is 8.68. The van der Waals surface area contributed by atoms with E-state index in [1.165, 1.54) is 10.5 Å². The molecule has 1 aromatic carbocycles. The first-order valence-electron chi connectivity index (χ1n) is 19.8. The highest BCUT2D eigenvalue weighted by atomic mass is 32.2. The van der Waals surface area contributed by atoms with Crippen LogP contribution in [0.15, 0.2) is 53.5 Å². The first kappa shape index (κ1) is 40.0. The van der Waals surface area contributed by atoms with Gasteiger partial charge in [0, 0.05) is 16.9 Å². The molecule has 0 spiro atoms. The maximum absolute atomic E-state index is 14.6. The maximum atomic E-state index is 14.6. The molecular formula is C41H53N5O8S2. The number of hydrogen-bond donors (Lipinski definition) is 3. The predicted octanol–water partition coefficient (Wildman–Crippen LogP) is 5.58. The Hall–Kier alpha value is -4.24. The number of hydrogen-bond acceptors (Lipinski definition) is 10. The molecule has 4 aliphatic carbocycles. The molecule has 2 aromatic rings. The fraction of sp³-hybridized carbons (Fsp3) is 0.585. The fourth-order valence-corrected chi connectivity index (χ4v) is 10.3. The van der Waals surface area contributed by atoms with Crippen LogP contribution in [-0.4, -0.2) is 84.5 Å². The topological polar surface area (TPSA) is 173 Å². The molecule has 4 fully saturated rings. The number of ether oxygens (including phenoxy) is 1. The minimum Gasteiger partial charge on any atom is -0.446 e. The van der Waals surface area contributed by atoms with Gasteiger partial charge in [0.2, 0.25) is 21.8 Å². The predicted molar refractivity (Wildman–Crippen MR) is 213 cm³/mol. The normalized spacial score (nSPS) is 26.2. The third-order valence-electron chi connectivity index (χ3n) is 11.7. The Morgan fingerprint density at radius 2 is 1.84 bits per heavy atom. The van der Waals surface area contributed by atoms with Gasteiger partial charge in [0.1, 0.15) is 29.8 Å². The molecule has 0 radical (unpaired) electrons. The first-order chi connectivity index (χ1) is 26.7. The van der Waals surface area contributed by atoms with E-state index in [2.05, 4.69) is 51.4 Å². The SMILES string of the molecule is C=CC[C@@H]1C[C@]1(NC(=O)[C@@H]1C[C@@H](O/N=C2\CCCc3ccc(-c4cccs4)cc32)CN1C(=O)[C@@H](NC(=O)OC1CCCC1)C(C)(C)C)C(=O)NS(=O)(=O)C1CC1. The van der Waals surface area contributed by atoms with Crippen molar-refractivity contribution in [3.63, 3.8) is 0 Å². The number of amides is 4. The molecule has 4 amide bonds. The number of fused-ring (bicyclic) bond motifs is 1. The van der Waals surface area contributed by atoms with Crippen molar-refractivity contribution in [1.29, 1.82) is 0 Å². The summed E-state index contributed by atoms with van der Waals surface area (Å²) >= 11 is 1.66. The van der Waals surface area contributed by atoms with Gasteiger partial charge in [-0.3, -0.25) is 19.1 Å². The zero-order chi connectivity index (χ0) is 39.8. The average molecular weight is 808 g/mol. The third-order valence-corrected chi connectivity index (χ3v) is 14.4. The number of oxime groups is 1. The van der Waals surface area contributed by atoms with Crippen LogP contribution in [0.1, 0.15) is 103 Å². The second-order valence-electron chi connectivity index (χ2n) is 17.0. The average Bonchev–Trinajstić information content (AvgIpc) is 3.87. The molecule has 1 saturated heterocycles. The van der Waals surface area contributed by atoms with Crippen LogP contribution in [0.5, 0.6) is 0 Å². The van der Waals surface area contributed by atoms with E-state index >= 15 is 0 Å². The Bertz CT molecular complexity index is 1980. The molecule has 0 unspecified atom stereocenters. The van der Waals surface area contributed by atoms with Gasteiger partial charge in [0.05, 0.1) is 17.5 Å². The van der Waals surface area contributed by atoms with Gasteiger partial charge >= 0.3 is 6.09 Å². The fourth-order valence-electron chi connectivity index (χ4n) is 8.25. The lowest BCUT2D eigenvalue weighted by atomic mass is 9.85. The number of carbonyl (C=O) groups is 4. The van der Waals surface area contributed by atoms with E-state index in [0.29, 0.717) is 25.7 Å². The van der Waals surface area contributed by atoms with Crippen LogP contribution >= 0.6 is 11.3 Å². The number of benzene rings is 1. The van der Waals surface area contributed by atoms with Crippen molar-refractivity contribution >= 4 is 50.9 Å². The number of alkyl carbamates (subject to hydrolysis) is 1. The summed E-state index contributed by atoms with van der Waals surface area (Å²) in [6, 6.07) is 8.31. The molecular weight excluding hydrogens is 755 g/mol. The van der Waals surface area contributed by atoms with E-state index in [9.17, 15) is 27.6 Å². The van der Waals surface area contributed by atoms with E-state index in [0.717, 1.165) is 60.2 Å². The number of likely N-dealkylation sites (tertiary alicyclic amines) is 1. The highest BCUT2D eigenvalue weighted by molar-refractivity contribution is 7.91. The number of allylic oxidation sites excluding steroid dienone is 1. The zero-order valence-corrected chi connectivity index (χ0v) is 34.0. The van der Waals surface area contributed by atoms with E-state index in [-0.39, 0.29) is 31.4 Å². The Kier molecular flexibility index (Phi) is 11.4. The van der Waals surface area contributed by atoms with Gasteiger partial charge in [-0.2, -0.15) is 0 Å². The summed E-state index contributed by atoms with van der Waals surface area (Å²) in [6.07, 6.45) is 7.62. The second-order valence-corrected chi connectivity index (χ2v) is 19.9. The molecule has 13 nitrogen and oxygen atoms in total. The highest BCUT2D eigenvalue weighted by Crippen LogP contribution is 2.47. The van der Waals surface area contributed by atoms with E-state index in [4.69, 9.17) is 9.57 Å². The minimum atomic E-state index is -3.89. The number of thiophene rings is 1. The number of carbonyl (C=O) groups excluding carboxylic acids is 4. The van der Waals surface area contributed by atoms with Gasteiger partial charge in [-0.25, -0.2) is 13.2 Å². The molecule has 1 aromatic heterocycles. The van der Waals surface area contributed by atoms with Crippen LogP contribution in [0.3, 0.4) is 0 Å². The largest absolute Gasteiger partial charge is 0.446 e. The van der Waals surface area contributed by atoms with Crippen molar-refractivity contribution in [3.8, 4) is 10.4 Å². The summed E-state index contributed by atoms with van der Waals surface area (Å²) in [5.74, 6) is -2.28. The van der Waals surface area contributed by atoms with Crippen molar-refractivity contribution in [2.45, 2.75) is 133 Å². The van der Waals surface area contributed by atoms with Gasteiger partial charge < -0.3 is 25.1 Å². The van der Waals surface area contributed by atoms with Crippen LogP contribution in [0, 0.1) is 11.3 Å². The molecule has 15 heteroatoms. The molecule has 0 bridgehead atoms. The summed E-state index contributed by atoms with van der Waals surface area (Å²) < 4.78 is 33.5. The lowest BCUT2D eigenvalue weighted by Gasteiger charge is -2.35. The number of nitrogens with zero attached hydrogens (tertiary/aromatic N) is 2. The Labute approximate surface area is 333 Å². The van der Waals surface area contributed by atoms with Gasteiger partial charge in [-0.05, 0) is 111 Å². The number of aryl methyl sites for hydroxylation is 1. The molecule has 3 N–H and O–H groups in total. The molecule has 7 rings (SSSR count). The van der Waals surface area contributed by atoms with Crippen molar-refractivity contribution in [2.24, 2.45) is 16.5 Å². The quantitative estimate of drug-likeness (QED) is 0.174. The van der Waals surface area contributed by atoms with E-state index < -0.39 is 68.2 Å². The van der Waals surface area contributed by atoms with Crippen molar-refractivity contribution < 1.29 is 37.2 Å². The molecule has 302 valence electrons. The van der Waals surface area contributed by atoms with Gasteiger partial charge in [0.25, 0.3) is 5.91 Å². The van der Waals surface area contributed by atoms with Crippen LogP contribution in [0.4, 0.5) is 4.79 Å². The molecule has 2 heterocycles. The summed E-state index contributed by atoms with van der Waals surface area (Å²) in [5.41, 5.74) is 1.80. The Morgan fingerprint density at radius 1 is 1.07 bits per heavy atom. The summed E-state index contributed by atoms with van der Waals surface area (Å²) in [4.78, 5) is 64.6. The first-order valence-corrected chi connectivity index (χ1v) is 22.3. The van der Waals surface area contributed by atoms with Gasteiger partial charge in [0.15, 0.2) is 0 Å². The number of rotatable bonds is 13. The van der Waals surface area contributed by atoms with Crippen molar-refractivity contribution in [1.82, 2.24) is 20.3 Å². The Balaban J connectivity index is 1.14. The standard InChI is InChI=1S/C41H53N5O8S2/c1-5-10-27-23-41(27,38(49)45-56(51,52)30-18-19-30)43-36(47)33-22-29(24-46(33)37(48)35(40(2,3)4)42-39(50)53-28-12-6-7-13-28)54-44-32-14-8-11-25-16-17-26(21-31(25)32)34-15-9-20-55-34/h5,9,15-17,20-21,27-30,33,35H,1,6-8,10-14,18-19,22-24H2,2-4H3,(H,42,50)(H,43,47)(H,45,49)/b44-32+/t27-,29-,33+,35-,41-/m1/s1. The maximum Gasteiger partial charge on any atom is 0.408 e. The Morgan fingerprint density at radius 3 is 2.52 bits per heavy atom. The lowest BCUT2D eigenvalue weighted by Crippen LogP contribution is -2.60. The van der Waals surface area contributed by atoms with Crippen LogP contribution < -0.4 is 15.4 Å². The molecule has 3 saturated carbocycles. The summed E-state index contributed by atoms with van der Waals surface area (Å²) in [6.45, 7) is 9.25. The van der Waals surface area contributed by atoms with E-state index in [1.807, 2.05) is 32.2 Å². The zero-order valence-electron chi connectivity index (χ0n) is 32.4. The second kappa shape index (κ2) is 16.0. The van der Waals surface area contributed by atoms with Gasteiger partial charge in [-0.15, -0.1) is 17.9 Å². The van der Waals surface area contributed by atoms with Crippen LogP contribution in [0.25, 0.3) is 10.4 Å². The monoisotopic (exact) mass is 807 g/mol. The highest BCUT2D eigenvalue weighted by Gasteiger charge is 2.62. The van der Waals surface area contributed by atoms with Crippen LogP contribution in [-0.2, 0) is 40.4 Å². The van der Waals surface area contributed by atoms with Crippen LogP contribution in [0.2, 0.25) is 0 Å². The molecule has 56 heavy (non-hydrogen) atoms. The van der Waals surface area contributed by atoms with Crippen molar-refractivity contribution in [2.75, 3.05) is 6.54 Å². The summed E-state index contributed by atoms with van der Waals surface area (Å²) in [7, 11) is -3.89. The van der Waals surface area contributed by atoms with E-state index in [1.54, 1.807) is 17.4 Å². The summed E-state index contributed by atoms with van der Waals surface area (Å²) in [5, 5.41) is 11.7. The number of sulfonamides is 1. The molecule has 1 aliphatic heterocycles. The molecule has 5 atom stereocenters. The lowest BCUT2D eigenvalue weighted by molar-refractivity contribution is -0.143. The van der Waals surface area contributed by atoms with Crippen molar-refractivity contribution in [3.05, 3.63) is 59.5 Å². The minimum absolute atomic E-state index is 0.00688. The number of nitrogens with one attached hydrogen (secondary N) is 3. The smallest absolute Gasteiger partial charge is 0.408 e. The molecule has 5 aliphatic rings. The van der Waals surface area contributed by atoms with Gasteiger partial charge in [-0.1, -0.05) is 50.2 Å².